The van der Waals surface area contributed by atoms with Gasteiger partial charge in [0.1, 0.15) is 22.4 Å². The zero-order chi connectivity index (χ0) is 10.8. The maximum absolute atomic E-state index is 11.7. The minimum absolute atomic E-state index is 0.347. The molecule has 1 rings (SSSR count). The maximum atomic E-state index is 11.7. The van der Waals surface area contributed by atoms with Crippen molar-refractivity contribution in [2.24, 2.45) is 4.36 Å². The van der Waals surface area contributed by atoms with E-state index in [9.17, 15) is 4.21 Å². The quantitative estimate of drug-likeness (QED) is 0.724. The van der Waals surface area contributed by atoms with E-state index in [-0.39, 0.29) is 0 Å². The van der Waals surface area contributed by atoms with Crippen LogP contribution in [0.3, 0.4) is 0 Å². The Labute approximate surface area is 87.8 Å². The van der Waals surface area contributed by atoms with Crippen LogP contribution in [-0.4, -0.2) is 23.8 Å². The molecule has 1 heterocycles. The van der Waals surface area contributed by atoms with Crippen LogP contribution in [0, 0.1) is 11.3 Å². The van der Waals surface area contributed by atoms with Crippen molar-refractivity contribution >= 4 is 21.5 Å². The predicted octanol–water partition coefficient (Wildman–Crippen LogP) is 1.68. The van der Waals surface area contributed by atoms with Gasteiger partial charge in [0.15, 0.2) is 0 Å². The van der Waals surface area contributed by atoms with E-state index in [0.29, 0.717) is 16.4 Å². The number of rotatable bonds is 2. The normalized spacial score (nSPS) is 26.3. The lowest BCUT2D eigenvalue weighted by molar-refractivity contribution is 0.303. The van der Waals surface area contributed by atoms with E-state index in [1.165, 1.54) is 30.5 Å². The van der Waals surface area contributed by atoms with Gasteiger partial charge in [-0.05, 0) is 6.26 Å². The second kappa shape index (κ2) is 4.07. The molecule has 0 spiro atoms. The smallest absolute Gasteiger partial charge is 0.149 e. The molecule has 0 radical (unpaired) electrons. The summed E-state index contributed by atoms with van der Waals surface area (Å²) in [6.07, 6.45) is 3.29. The highest BCUT2D eigenvalue weighted by Crippen LogP contribution is 2.29. The molecule has 1 atom stereocenters. The predicted molar refractivity (Wildman–Crippen MR) is 57.7 cm³/mol. The second-order valence-corrected chi connectivity index (χ2v) is 5.57. The Morgan fingerprint density at radius 3 is 2.79 bits per heavy atom. The topological polar surface area (TPSA) is 62.4 Å². The molecule has 6 heteroatoms. The van der Waals surface area contributed by atoms with Crippen LogP contribution in [-0.2, 0) is 14.5 Å². The number of nitriles is 1. The molecular formula is C8H10N2O2S2. The van der Waals surface area contributed by atoms with Crippen LogP contribution in [0.1, 0.15) is 0 Å². The monoisotopic (exact) mass is 230 g/mol. The Kier molecular flexibility index (Phi) is 3.24. The summed E-state index contributed by atoms with van der Waals surface area (Å²) in [4.78, 5) is 0. The molecule has 14 heavy (non-hydrogen) atoms. The Morgan fingerprint density at radius 1 is 1.71 bits per heavy atom. The molecule has 0 aromatic heterocycles. The minimum atomic E-state index is -2.39. The van der Waals surface area contributed by atoms with E-state index in [4.69, 9.17) is 10.00 Å². The van der Waals surface area contributed by atoms with E-state index < -0.39 is 9.73 Å². The van der Waals surface area contributed by atoms with E-state index in [1.54, 1.807) is 6.26 Å². The van der Waals surface area contributed by atoms with E-state index in [2.05, 4.69) is 4.36 Å². The van der Waals surface area contributed by atoms with Crippen molar-refractivity contribution in [2.75, 3.05) is 19.6 Å². The third-order valence-corrected chi connectivity index (χ3v) is 3.57. The summed E-state index contributed by atoms with van der Waals surface area (Å²) in [6, 6.07) is 1.99. The first kappa shape index (κ1) is 11.1. The number of hydrogen-bond acceptors (Lipinski definition) is 5. The van der Waals surface area contributed by atoms with Gasteiger partial charge in [0.25, 0.3) is 0 Å². The van der Waals surface area contributed by atoms with Gasteiger partial charge in [-0.15, -0.1) is 11.8 Å². The fourth-order valence-electron chi connectivity index (χ4n) is 0.992. The SMILES string of the molecule is COC1=CS(C)(=O)=NC(SC)=C1C#N. The van der Waals surface area contributed by atoms with Gasteiger partial charge in [-0.2, -0.15) is 9.62 Å². The summed E-state index contributed by atoms with van der Waals surface area (Å²) in [5, 5.41) is 10.7. The van der Waals surface area contributed by atoms with Crippen LogP contribution in [0.15, 0.2) is 26.1 Å². The molecule has 0 N–H and O–H groups in total. The van der Waals surface area contributed by atoms with Gasteiger partial charge >= 0.3 is 0 Å². The van der Waals surface area contributed by atoms with Crippen molar-refractivity contribution in [3.05, 3.63) is 21.8 Å². The third kappa shape index (κ3) is 2.11. The molecule has 4 nitrogen and oxygen atoms in total. The van der Waals surface area contributed by atoms with Crippen molar-refractivity contribution in [3.8, 4) is 6.07 Å². The number of thioether (sulfide) groups is 1. The van der Waals surface area contributed by atoms with Gasteiger partial charge in [-0.25, -0.2) is 4.21 Å². The number of hydrogen-bond donors (Lipinski definition) is 0. The largest absolute Gasteiger partial charge is 0.495 e. The minimum Gasteiger partial charge on any atom is -0.495 e. The molecule has 0 saturated carbocycles. The zero-order valence-corrected chi connectivity index (χ0v) is 9.74. The van der Waals surface area contributed by atoms with Gasteiger partial charge in [0.05, 0.1) is 22.2 Å². The highest BCUT2D eigenvalue weighted by Gasteiger charge is 2.19. The molecule has 0 fully saturated rings. The first-order chi connectivity index (χ1) is 6.54. The lowest BCUT2D eigenvalue weighted by Gasteiger charge is -2.12. The van der Waals surface area contributed by atoms with E-state index in [0.717, 1.165) is 0 Å². The molecule has 0 bridgehead atoms. The van der Waals surface area contributed by atoms with Crippen LogP contribution in [0.4, 0.5) is 0 Å². The van der Waals surface area contributed by atoms with Gasteiger partial charge < -0.3 is 4.74 Å². The average Bonchev–Trinajstić information content (AvgIpc) is 2.15. The Hall–Kier alpha value is -0.930. The fourth-order valence-corrected chi connectivity index (χ4v) is 3.17. The van der Waals surface area contributed by atoms with Gasteiger partial charge in [-0.3, -0.25) is 0 Å². The maximum Gasteiger partial charge on any atom is 0.149 e. The molecule has 0 saturated heterocycles. The second-order valence-electron chi connectivity index (χ2n) is 2.63. The highest BCUT2D eigenvalue weighted by atomic mass is 32.2. The van der Waals surface area contributed by atoms with Gasteiger partial charge in [0, 0.05) is 6.26 Å². The van der Waals surface area contributed by atoms with Crippen LogP contribution < -0.4 is 0 Å². The summed E-state index contributed by atoms with van der Waals surface area (Å²) >= 11 is 1.29. The summed E-state index contributed by atoms with van der Waals surface area (Å²) in [5.74, 6) is 0.347. The summed E-state index contributed by atoms with van der Waals surface area (Å²) in [6.45, 7) is 0. The Balaban J connectivity index is 3.44. The molecule has 0 aromatic carbocycles. The fraction of sp³-hybridized carbons (Fsp3) is 0.375. The molecule has 1 aliphatic heterocycles. The van der Waals surface area contributed by atoms with Gasteiger partial charge in [0.2, 0.25) is 0 Å². The summed E-state index contributed by atoms with van der Waals surface area (Å²) < 4.78 is 20.7. The van der Waals surface area contributed by atoms with Crippen LogP contribution >= 0.6 is 11.8 Å². The lowest BCUT2D eigenvalue weighted by atomic mass is 10.3. The Morgan fingerprint density at radius 2 is 2.36 bits per heavy atom. The zero-order valence-electron chi connectivity index (χ0n) is 8.10. The van der Waals surface area contributed by atoms with E-state index >= 15 is 0 Å². The number of methoxy groups -OCH3 is 1. The van der Waals surface area contributed by atoms with E-state index in [1.807, 2.05) is 6.07 Å². The molecule has 1 unspecified atom stereocenters. The summed E-state index contributed by atoms with van der Waals surface area (Å²) in [7, 11) is -0.944. The summed E-state index contributed by atoms with van der Waals surface area (Å²) in [5.41, 5.74) is 0.348. The lowest BCUT2D eigenvalue weighted by Crippen LogP contribution is -2.04. The van der Waals surface area contributed by atoms with Crippen molar-refractivity contribution in [1.82, 2.24) is 0 Å². The average molecular weight is 230 g/mol. The first-order valence-electron chi connectivity index (χ1n) is 3.70. The molecule has 0 aromatic rings. The number of ether oxygens (including phenoxy) is 1. The highest BCUT2D eigenvalue weighted by molar-refractivity contribution is 8.03. The van der Waals surface area contributed by atoms with Crippen LogP contribution in [0.25, 0.3) is 0 Å². The number of allylic oxidation sites excluding steroid dienone is 1. The molecule has 0 aliphatic carbocycles. The first-order valence-corrected chi connectivity index (χ1v) is 6.91. The number of nitrogens with zero attached hydrogens (tertiary/aromatic N) is 2. The molecule has 0 amide bonds. The standard InChI is InChI=1S/C8H10N2O2S2/c1-12-7-5-14(3,11)10-8(13-2)6(7)4-9/h5H,1-3H3. The van der Waals surface area contributed by atoms with Crippen molar-refractivity contribution in [3.63, 3.8) is 0 Å². The Bertz CT molecular complexity index is 462. The van der Waals surface area contributed by atoms with Crippen molar-refractivity contribution in [1.29, 1.82) is 5.26 Å². The molecule has 1 aliphatic rings. The van der Waals surface area contributed by atoms with Crippen molar-refractivity contribution < 1.29 is 8.95 Å². The third-order valence-electron chi connectivity index (χ3n) is 1.58. The van der Waals surface area contributed by atoms with Gasteiger partial charge in [-0.1, -0.05) is 0 Å². The van der Waals surface area contributed by atoms with Crippen molar-refractivity contribution in [2.45, 2.75) is 0 Å². The molecular weight excluding hydrogens is 220 g/mol. The van der Waals surface area contributed by atoms with Crippen LogP contribution in [0.5, 0.6) is 0 Å². The van der Waals surface area contributed by atoms with Crippen LogP contribution in [0.2, 0.25) is 0 Å². The molecule has 76 valence electrons.